The largest absolute Gasteiger partial charge is 2.00 e. The van der Waals surface area contributed by atoms with Crippen LogP contribution in [-0.4, -0.2) is 35.3 Å². The first-order chi connectivity index (χ1) is 18.5. The molecule has 0 saturated carbocycles. The zero-order chi connectivity index (χ0) is 25.9. The van der Waals surface area contributed by atoms with Crippen LogP contribution in [0.25, 0.3) is 27.6 Å². The first-order valence-electron chi connectivity index (χ1n) is 12.8. The summed E-state index contributed by atoms with van der Waals surface area (Å²) in [7, 11) is -0.115. The van der Waals surface area contributed by atoms with Gasteiger partial charge in [0.1, 0.15) is 11.5 Å². The van der Waals surface area contributed by atoms with Crippen LogP contribution in [-0.2, 0) is 21.1 Å². The third-order valence-corrected chi connectivity index (χ3v) is 10.8. The summed E-state index contributed by atoms with van der Waals surface area (Å²) >= 11 is 0. The Kier molecular flexibility index (Phi) is 6.31. The zero-order valence-corrected chi connectivity index (χ0v) is 25.2. The number of benzene rings is 4. The Morgan fingerprint density at radius 1 is 0.744 bits per heavy atom. The molecule has 2 aromatic heterocycles. The van der Waals surface area contributed by atoms with Crippen molar-refractivity contribution in [3.05, 3.63) is 115 Å². The van der Waals surface area contributed by atoms with E-state index in [-0.39, 0.29) is 21.1 Å². The Morgan fingerprint density at radius 3 is 2.31 bits per heavy atom. The predicted octanol–water partition coefficient (Wildman–Crippen LogP) is 5.90. The van der Waals surface area contributed by atoms with Crippen LogP contribution in [0.4, 0.5) is 17.1 Å². The number of pyridine rings is 1. The number of fused-ring (bicyclic) bond motifs is 4. The third-order valence-electron chi connectivity index (χ3n) is 7.56. The second-order valence-corrected chi connectivity index (χ2v) is 14.6. The molecule has 39 heavy (non-hydrogen) atoms. The van der Waals surface area contributed by atoms with Crippen molar-refractivity contribution in [2.45, 2.75) is 13.1 Å². The third kappa shape index (κ3) is 4.06. The van der Waals surface area contributed by atoms with Gasteiger partial charge in [-0.05, 0) is 23.6 Å². The average Bonchev–Trinajstić information content (AvgIpc) is 3.48. The number of para-hydroxylation sites is 3. The van der Waals surface area contributed by atoms with Crippen LogP contribution < -0.4 is 14.9 Å². The monoisotopic (exact) mass is 701 g/mol. The number of nitrogens with zero attached hydrogens (tertiary/aromatic N) is 4. The maximum absolute atomic E-state index is 4.68. The fourth-order valence-corrected chi connectivity index (χ4v) is 7.63. The molecule has 190 valence electrons. The van der Waals surface area contributed by atoms with Crippen molar-refractivity contribution in [2.75, 3.05) is 7.05 Å². The molecule has 7 rings (SSSR count). The van der Waals surface area contributed by atoms with Gasteiger partial charge in [-0.1, -0.05) is 70.2 Å². The standard InChI is InChI=1S/C33H26N4Si.Pt/c1-35-23-36(31-16-7-6-15-30(31)35)24-11-10-12-25(21-24)38(2,3)26-18-19-28-27-13-4-5-14-29(27)37(32(28)22-26)33-17-8-9-20-34-33;/h4-20H,1-3H3;/q;+2. The summed E-state index contributed by atoms with van der Waals surface area (Å²) in [6, 6.07) is 45.0. The van der Waals surface area contributed by atoms with Crippen LogP contribution in [0.5, 0.6) is 0 Å². The summed E-state index contributed by atoms with van der Waals surface area (Å²) in [6.45, 7) is 4.76. The van der Waals surface area contributed by atoms with Crippen molar-refractivity contribution in [1.82, 2.24) is 14.1 Å². The Hall–Kier alpha value is -3.88. The van der Waals surface area contributed by atoms with Crippen molar-refractivity contribution in [3.8, 4) is 5.82 Å². The second-order valence-electron chi connectivity index (χ2n) is 10.2. The summed E-state index contributed by atoms with van der Waals surface area (Å²) in [5.41, 5.74) is 5.48. The molecule has 1 aliphatic rings. The van der Waals surface area contributed by atoms with Gasteiger partial charge in [0, 0.05) is 23.8 Å². The Morgan fingerprint density at radius 2 is 1.49 bits per heavy atom. The minimum absolute atomic E-state index is 0. The maximum Gasteiger partial charge on any atom is 2.00 e. The van der Waals surface area contributed by atoms with Gasteiger partial charge in [-0.25, -0.2) is 4.98 Å². The molecule has 6 aromatic rings. The van der Waals surface area contributed by atoms with E-state index in [1.807, 2.05) is 30.0 Å². The van der Waals surface area contributed by atoms with E-state index < -0.39 is 8.07 Å². The molecule has 0 saturated heterocycles. The van der Waals surface area contributed by atoms with E-state index in [9.17, 15) is 0 Å². The van der Waals surface area contributed by atoms with E-state index in [0.717, 1.165) is 33.9 Å². The molecular formula is C33H26N4PtSi+2. The van der Waals surface area contributed by atoms with E-state index in [0.29, 0.717) is 0 Å². The van der Waals surface area contributed by atoms with E-state index in [2.05, 4.69) is 130 Å². The van der Waals surface area contributed by atoms with Crippen molar-refractivity contribution in [3.63, 3.8) is 0 Å². The topological polar surface area (TPSA) is 23.8 Å². The van der Waals surface area contributed by atoms with Gasteiger partial charge in [0.25, 0.3) is 11.4 Å². The number of aromatic nitrogens is 2. The average molecular weight is 702 g/mol. The Labute approximate surface area is 243 Å². The summed E-state index contributed by atoms with van der Waals surface area (Å²) in [5, 5.41) is 4.88. The van der Waals surface area contributed by atoms with Gasteiger partial charge in [0.2, 0.25) is 0 Å². The number of hydrogen-bond acceptors (Lipinski definition) is 1. The minimum atomic E-state index is -2.15. The van der Waals surface area contributed by atoms with E-state index >= 15 is 0 Å². The minimum Gasteiger partial charge on any atom is -0.319 e. The molecule has 0 N–H and O–H groups in total. The summed E-state index contributed by atoms with van der Waals surface area (Å²) in [6.07, 6.45) is 1.85. The normalized spacial score (nSPS) is 12.7. The van der Waals surface area contributed by atoms with Crippen molar-refractivity contribution in [1.29, 1.82) is 0 Å². The molecule has 0 fully saturated rings. The second kappa shape index (κ2) is 9.70. The first-order valence-corrected chi connectivity index (χ1v) is 15.8. The van der Waals surface area contributed by atoms with Gasteiger partial charge in [-0.15, -0.1) is 11.5 Å². The van der Waals surface area contributed by atoms with Gasteiger partial charge in [-0.3, -0.25) is 0 Å². The van der Waals surface area contributed by atoms with Crippen molar-refractivity contribution >= 4 is 63.3 Å². The molecule has 0 bridgehead atoms. The summed E-state index contributed by atoms with van der Waals surface area (Å²) in [4.78, 5) is 4.68. The fraction of sp³-hybridized carbons (Fsp3) is 0.0909. The number of hydrogen-bond donors (Lipinski definition) is 0. The fourth-order valence-electron chi connectivity index (χ4n) is 5.46. The van der Waals surface area contributed by atoms with E-state index in [4.69, 9.17) is 0 Å². The zero-order valence-electron chi connectivity index (χ0n) is 21.9. The molecule has 0 amide bonds. The SMILES string of the molecule is C[N+]1=C=[N+](c2[c-]c([Si](C)(C)c3[c-]c4c(cc3)c3ccccc3n4-c3ccccn3)ccc2)c2ccccc21.[Pt+2]. The van der Waals surface area contributed by atoms with Gasteiger partial charge in [0.15, 0.2) is 7.05 Å². The molecule has 0 unspecified atom stereocenters. The summed E-state index contributed by atoms with van der Waals surface area (Å²) < 4.78 is 6.38. The molecule has 0 spiro atoms. The smallest absolute Gasteiger partial charge is 0.319 e. The first kappa shape index (κ1) is 25.4. The van der Waals surface area contributed by atoms with Crippen molar-refractivity contribution in [2.24, 2.45) is 0 Å². The van der Waals surface area contributed by atoms with Crippen LogP contribution in [0.3, 0.4) is 0 Å². The van der Waals surface area contributed by atoms with Crippen LogP contribution in [0.1, 0.15) is 0 Å². The molecular weight excluding hydrogens is 676 g/mol. The van der Waals surface area contributed by atoms with Crippen LogP contribution in [0.15, 0.2) is 103 Å². The van der Waals surface area contributed by atoms with Crippen LogP contribution in [0.2, 0.25) is 13.1 Å². The van der Waals surface area contributed by atoms with Crippen LogP contribution >= 0.6 is 0 Å². The Bertz CT molecular complexity index is 1950. The van der Waals surface area contributed by atoms with Gasteiger partial charge >= 0.3 is 27.1 Å². The van der Waals surface area contributed by atoms with Crippen molar-refractivity contribution < 1.29 is 25.6 Å². The molecule has 0 atom stereocenters. The quantitative estimate of drug-likeness (QED) is 0.128. The van der Waals surface area contributed by atoms with Crippen LogP contribution in [0, 0.1) is 12.1 Å². The van der Waals surface area contributed by atoms with Gasteiger partial charge in [-0.2, -0.15) is 40.7 Å². The molecule has 3 heterocycles. The maximum atomic E-state index is 4.68. The van der Waals surface area contributed by atoms with E-state index in [1.54, 1.807) is 0 Å². The number of rotatable bonds is 4. The molecule has 4 aromatic carbocycles. The van der Waals surface area contributed by atoms with E-state index in [1.165, 1.54) is 21.1 Å². The predicted molar refractivity (Wildman–Crippen MR) is 158 cm³/mol. The molecule has 0 radical (unpaired) electrons. The van der Waals surface area contributed by atoms with Gasteiger partial charge in [0.05, 0.1) is 8.07 Å². The molecule has 6 heteroatoms. The molecule has 0 aliphatic carbocycles. The Balaban J connectivity index is 0.00000277. The van der Waals surface area contributed by atoms with Gasteiger partial charge < -0.3 is 4.57 Å². The molecule has 4 nitrogen and oxygen atoms in total. The summed E-state index contributed by atoms with van der Waals surface area (Å²) in [5.74, 6) is 0.906. The molecule has 1 aliphatic heterocycles.